The summed E-state index contributed by atoms with van der Waals surface area (Å²) in [6.45, 7) is 3.54. The van der Waals surface area contributed by atoms with Crippen molar-refractivity contribution in [3.63, 3.8) is 0 Å². The summed E-state index contributed by atoms with van der Waals surface area (Å²) in [6.07, 6.45) is 1.55. The number of carbonyl (C=O) groups is 1. The van der Waals surface area contributed by atoms with Crippen molar-refractivity contribution in [3.8, 4) is 0 Å². The summed E-state index contributed by atoms with van der Waals surface area (Å²) in [5, 5.41) is 5.98. The molecule has 2 N–H and O–H groups in total. The van der Waals surface area contributed by atoms with Crippen LogP contribution < -0.4 is 10.6 Å². The Labute approximate surface area is 117 Å². The molecule has 0 radical (unpaired) electrons. The van der Waals surface area contributed by atoms with Crippen molar-refractivity contribution in [1.82, 2.24) is 10.6 Å². The van der Waals surface area contributed by atoms with E-state index in [1.54, 1.807) is 0 Å². The highest BCUT2D eigenvalue weighted by atomic mass is 35.5. The molecule has 1 saturated heterocycles. The first kappa shape index (κ1) is 15.9. The minimum Gasteiger partial charge on any atom is -0.347 e. The molecule has 1 aromatic carbocycles. The maximum Gasteiger partial charge on any atom is 0.254 e. The summed E-state index contributed by atoms with van der Waals surface area (Å²) < 4.78 is 26.5. The van der Waals surface area contributed by atoms with Crippen molar-refractivity contribution < 1.29 is 13.6 Å². The first-order valence-corrected chi connectivity index (χ1v) is 5.99. The summed E-state index contributed by atoms with van der Waals surface area (Å²) in [7, 11) is 0. The molecule has 1 aliphatic heterocycles. The van der Waals surface area contributed by atoms with E-state index < -0.39 is 17.5 Å². The SMILES string of the molecule is CC1(NC(=O)c2cccc(F)c2F)CCNCC1.Cl. The Hall–Kier alpha value is -1.20. The molecule has 6 heteroatoms. The van der Waals surface area contributed by atoms with E-state index in [0.717, 1.165) is 32.0 Å². The summed E-state index contributed by atoms with van der Waals surface area (Å²) in [4.78, 5) is 12.0. The smallest absolute Gasteiger partial charge is 0.254 e. The predicted molar refractivity (Wildman–Crippen MR) is 71.6 cm³/mol. The van der Waals surface area contributed by atoms with Gasteiger partial charge in [-0.3, -0.25) is 4.79 Å². The van der Waals surface area contributed by atoms with E-state index >= 15 is 0 Å². The number of hydrogen-bond donors (Lipinski definition) is 2. The number of carbonyl (C=O) groups excluding carboxylic acids is 1. The van der Waals surface area contributed by atoms with Gasteiger partial charge in [0.25, 0.3) is 5.91 Å². The highest BCUT2D eigenvalue weighted by Gasteiger charge is 2.29. The Bertz CT molecular complexity index is 462. The van der Waals surface area contributed by atoms with Gasteiger partial charge in [-0.2, -0.15) is 0 Å². The lowest BCUT2D eigenvalue weighted by molar-refractivity contribution is 0.0882. The number of benzene rings is 1. The Morgan fingerprint density at radius 3 is 2.58 bits per heavy atom. The maximum absolute atomic E-state index is 13.5. The lowest BCUT2D eigenvalue weighted by Crippen LogP contribution is -2.52. The zero-order chi connectivity index (χ0) is 13.2. The van der Waals surface area contributed by atoms with Gasteiger partial charge < -0.3 is 10.6 Å². The van der Waals surface area contributed by atoms with E-state index in [2.05, 4.69) is 10.6 Å². The van der Waals surface area contributed by atoms with Crippen LogP contribution in [0.3, 0.4) is 0 Å². The molecule has 1 aromatic rings. The molecule has 0 aliphatic carbocycles. The van der Waals surface area contributed by atoms with Crippen LogP contribution in [0.5, 0.6) is 0 Å². The molecule has 1 amide bonds. The third-order valence-corrected chi connectivity index (χ3v) is 3.32. The second-order valence-corrected chi connectivity index (χ2v) is 4.87. The normalized spacial score (nSPS) is 17.4. The largest absolute Gasteiger partial charge is 0.347 e. The molecular weight excluding hydrogens is 274 g/mol. The maximum atomic E-state index is 13.5. The fourth-order valence-electron chi connectivity index (χ4n) is 2.12. The predicted octanol–water partition coefficient (Wildman–Crippen LogP) is 2.26. The van der Waals surface area contributed by atoms with Crippen LogP contribution in [-0.4, -0.2) is 24.5 Å². The number of nitrogens with one attached hydrogen (secondary N) is 2. The molecule has 0 bridgehead atoms. The second-order valence-electron chi connectivity index (χ2n) is 4.87. The molecule has 19 heavy (non-hydrogen) atoms. The zero-order valence-electron chi connectivity index (χ0n) is 10.6. The van der Waals surface area contributed by atoms with Crippen molar-refractivity contribution in [3.05, 3.63) is 35.4 Å². The Balaban J connectivity index is 0.00000180. The Morgan fingerprint density at radius 1 is 1.32 bits per heavy atom. The average molecular weight is 291 g/mol. The van der Waals surface area contributed by atoms with Gasteiger partial charge in [-0.1, -0.05) is 6.07 Å². The van der Waals surface area contributed by atoms with Crippen LogP contribution in [-0.2, 0) is 0 Å². The number of piperidine rings is 1. The minimum atomic E-state index is -1.09. The van der Waals surface area contributed by atoms with Crippen molar-refractivity contribution in [2.45, 2.75) is 25.3 Å². The molecule has 0 spiro atoms. The lowest BCUT2D eigenvalue weighted by atomic mass is 9.90. The van der Waals surface area contributed by atoms with Gasteiger partial charge in [0, 0.05) is 5.54 Å². The fourth-order valence-corrected chi connectivity index (χ4v) is 2.12. The molecular formula is C13H17ClF2N2O. The standard InChI is InChI=1S/C13H16F2N2O.ClH/c1-13(5-7-16-8-6-13)17-12(18)9-3-2-4-10(14)11(9)15;/h2-4,16H,5-8H2,1H3,(H,17,18);1H. The lowest BCUT2D eigenvalue weighted by Gasteiger charge is -2.35. The monoisotopic (exact) mass is 290 g/mol. The summed E-state index contributed by atoms with van der Waals surface area (Å²) in [6, 6.07) is 3.62. The van der Waals surface area contributed by atoms with Crippen LogP contribution in [0.4, 0.5) is 8.78 Å². The average Bonchev–Trinajstić information content (AvgIpc) is 2.33. The van der Waals surface area contributed by atoms with Gasteiger partial charge in [0.2, 0.25) is 0 Å². The van der Waals surface area contributed by atoms with Crippen LogP contribution in [0, 0.1) is 11.6 Å². The quantitative estimate of drug-likeness (QED) is 0.877. The van der Waals surface area contributed by atoms with Crippen LogP contribution >= 0.6 is 12.4 Å². The fraction of sp³-hybridized carbons (Fsp3) is 0.462. The number of rotatable bonds is 2. The zero-order valence-corrected chi connectivity index (χ0v) is 11.4. The number of amides is 1. The molecule has 0 saturated carbocycles. The van der Waals surface area contributed by atoms with Gasteiger partial charge in [-0.15, -0.1) is 12.4 Å². The van der Waals surface area contributed by atoms with Crippen LogP contribution in [0.2, 0.25) is 0 Å². The summed E-state index contributed by atoms with van der Waals surface area (Å²) >= 11 is 0. The van der Waals surface area contributed by atoms with Gasteiger partial charge >= 0.3 is 0 Å². The molecule has 3 nitrogen and oxygen atoms in total. The van der Waals surface area contributed by atoms with E-state index in [4.69, 9.17) is 0 Å². The summed E-state index contributed by atoms with van der Waals surface area (Å²) in [5.41, 5.74) is -0.601. The first-order valence-electron chi connectivity index (χ1n) is 5.99. The number of halogens is 3. The van der Waals surface area contributed by atoms with Crippen molar-refractivity contribution in [2.75, 3.05) is 13.1 Å². The van der Waals surface area contributed by atoms with Gasteiger partial charge in [0.15, 0.2) is 11.6 Å². The van der Waals surface area contributed by atoms with E-state index in [9.17, 15) is 13.6 Å². The molecule has 106 valence electrons. The second kappa shape index (κ2) is 6.30. The summed E-state index contributed by atoms with van der Waals surface area (Å²) in [5.74, 6) is -2.65. The van der Waals surface area contributed by atoms with Crippen molar-refractivity contribution >= 4 is 18.3 Å². The van der Waals surface area contributed by atoms with E-state index in [1.165, 1.54) is 12.1 Å². The van der Waals surface area contributed by atoms with Gasteiger partial charge in [0.05, 0.1) is 5.56 Å². The Kier molecular flexibility index (Phi) is 5.26. The highest BCUT2D eigenvalue weighted by molar-refractivity contribution is 5.95. The van der Waals surface area contributed by atoms with Crippen LogP contribution in [0.25, 0.3) is 0 Å². The first-order chi connectivity index (χ1) is 8.52. The van der Waals surface area contributed by atoms with Gasteiger partial charge in [-0.25, -0.2) is 8.78 Å². The Morgan fingerprint density at radius 2 is 1.95 bits per heavy atom. The van der Waals surface area contributed by atoms with Crippen molar-refractivity contribution in [2.24, 2.45) is 0 Å². The highest BCUT2D eigenvalue weighted by Crippen LogP contribution is 2.19. The molecule has 0 aromatic heterocycles. The van der Waals surface area contributed by atoms with Crippen LogP contribution in [0.15, 0.2) is 18.2 Å². The van der Waals surface area contributed by atoms with Crippen LogP contribution in [0.1, 0.15) is 30.1 Å². The number of hydrogen-bond acceptors (Lipinski definition) is 2. The topological polar surface area (TPSA) is 41.1 Å². The third kappa shape index (κ3) is 3.64. The van der Waals surface area contributed by atoms with Gasteiger partial charge in [-0.05, 0) is 45.0 Å². The molecule has 2 rings (SSSR count). The molecule has 1 heterocycles. The van der Waals surface area contributed by atoms with Crippen molar-refractivity contribution in [1.29, 1.82) is 0 Å². The van der Waals surface area contributed by atoms with Gasteiger partial charge in [0.1, 0.15) is 0 Å². The third-order valence-electron chi connectivity index (χ3n) is 3.32. The molecule has 0 unspecified atom stereocenters. The van der Waals surface area contributed by atoms with E-state index in [-0.39, 0.29) is 23.5 Å². The van der Waals surface area contributed by atoms with E-state index in [0.29, 0.717) is 0 Å². The molecule has 1 fully saturated rings. The molecule has 0 atom stereocenters. The van der Waals surface area contributed by atoms with E-state index in [1.807, 2.05) is 6.92 Å². The minimum absolute atomic E-state index is 0. The molecule has 1 aliphatic rings.